The smallest absolute Gasteiger partial charge is 0.326 e. The van der Waals surface area contributed by atoms with Gasteiger partial charge in [-0.3, -0.25) is 24.0 Å². The second kappa shape index (κ2) is 13.2. The molecule has 0 fully saturated rings. The molecule has 13 heteroatoms. The number of amides is 4. The van der Waals surface area contributed by atoms with E-state index in [2.05, 4.69) is 16.0 Å². The van der Waals surface area contributed by atoms with E-state index in [0.29, 0.717) is 0 Å². The fourth-order valence-electron chi connectivity index (χ4n) is 2.48. The molecule has 4 unspecified atom stereocenters. The van der Waals surface area contributed by atoms with Gasteiger partial charge in [-0.1, -0.05) is 13.8 Å². The SMILES string of the molecule is CC(C)CC(NC(=O)C(CCC(N)=O)NC(=O)C(C)N)C(=O)NC(CC(=O)O)C(=O)O. The highest BCUT2D eigenvalue weighted by Crippen LogP contribution is 2.08. The van der Waals surface area contributed by atoms with Gasteiger partial charge in [-0.15, -0.1) is 0 Å². The summed E-state index contributed by atoms with van der Waals surface area (Å²) in [7, 11) is 0. The molecule has 0 saturated heterocycles. The number of primary amides is 1. The summed E-state index contributed by atoms with van der Waals surface area (Å²) in [6.07, 6.45) is -1.12. The van der Waals surface area contributed by atoms with E-state index in [1.54, 1.807) is 13.8 Å². The van der Waals surface area contributed by atoms with Crippen molar-refractivity contribution >= 4 is 35.6 Å². The van der Waals surface area contributed by atoms with Crippen LogP contribution >= 0.6 is 0 Å². The molecule has 13 nitrogen and oxygen atoms in total. The van der Waals surface area contributed by atoms with Crippen LogP contribution in [-0.2, 0) is 28.8 Å². The first-order valence-electron chi connectivity index (χ1n) is 9.64. The Hall–Kier alpha value is -3.22. The van der Waals surface area contributed by atoms with Crippen molar-refractivity contribution < 1.29 is 39.0 Å². The summed E-state index contributed by atoms with van der Waals surface area (Å²) in [5, 5.41) is 24.8. The van der Waals surface area contributed by atoms with Gasteiger partial charge in [0.2, 0.25) is 23.6 Å². The van der Waals surface area contributed by atoms with Crippen LogP contribution in [0.15, 0.2) is 0 Å². The van der Waals surface area contributed by atoms with Gasteiger partial charge in [-0.05, 0) is 25.7 Å². The van der Waals surface area contributed by atoms with Crippen LogP contribution in [0.4, 0.5) is 0 Å². The number of carboxylic acid groups (broad SMARTS) is 2. The summed E-state index contributed by atoms with van der Waals surface area (Å²) >= 11 is 0. The van der Waals surface area contributed by atoms with Crippen LogP contribution in [0.2, 0.25) is 0 Å². The number of nitrogens with one attached hydrogen (secondary N) is 3. The van der Waals surface area contributed by atoms with Crippen LogP contribution < -0.4 is 27.4 Å². The number of carbonyl (C=O) groups excluding carboxylic acids is 4. The normalized spacial score (nSPS) is 14.6. The lowest BCUT2D eigenvalue weighted by Gasteiger charge is -2.25. The van der Waals surface area contributed by atoms with Crippen molar-refractivity contribution in [1.82, 2.24) is 16.0 Å². The molecule has 0 bridgehead atoms. The molecular formula is C18H31N5O8. The monoisotopic (exact) mass is 445 g/mol. The Kier molecular flexibility index (Phi) is 11.8. The fraction of sp³-hybridized carbons (Fsp3) is 0.667. The van der Waals surface area contributed by atoms with Gasteiger partial charge in [0.15, 0.2) is 0 Å². The summed E-state index contributed by atoms with van der Waals surface area (Å²) in [5.41, 5.74) is 10.6. The van der Waals surface area contributed by atoms with Gasteiger partial charge in [0.1, 0.15) is 18.1 Å². The second-order valence-corrected chi connectivity index (χ2v) is 7.54. The Balaban J connectivity index is 5.49. The van der Waals surface area contributed by atoms with Gasteiger partial charge in [0.05, 0.1) is 12.5 Å². The van der Waals surface area contributed by atoms with Crippen molar-refractivity contribution in [3.63, 3.8) is 0 Å². The Morgan fingerprint density at radius 2 is 1.29 bits per heavy atom. The third kappa shape index (κ3) is 11.5. The van der Waals surface area contributed by atoms with E-state index in [0.717, 1.165) is 0 Å². The number of nitrogens with two attached hydrogens (primary N) is 2. The molecule has 0 aliphatic rings. The number of hydrogen-bond donors (Lipinski definition) is 7. The van der Waals surface area contributed by atoms with Crippen molar-refractivity contribution in [2.75, 3.05) is 0 Å². The molecule has 0 rings (SSSR count). The molecule has 4 amide bonds. The van der Waals surface area contributed by atoms with Gasteiger partial charge in [-0.25, -0.2) is 4.79 Å². The third-order valence-corrected chi connectivity index (χ3v) is 4.06. The first-order valence-corrected chi connectivity index (χ1v) is 9.64. The number of aliphatic carboxylic acids is 2. The first kappa shape index (κ1) is 27.8. The molecule has 9 N–H and O–H groups in total. The van der Waals surface area contributed by atoms with Gasteiger partial charge in [0, 0.05) is 6.42 Å². The van der Waals surface area contributed by atoms with Gasteiger partial charge < -0.3 is 37.6 Å². The predicted molar refractivity (Wildman–Crippen MR) is 107 cm³/mol. The lowest BCUT2D eigenvalue weighted by molar-refractivity contribution is -0.147. The Labute approximate surface area is 179 Å². The van der Waals surface area contributed by atoms with Crippen LogP contribution in [-0.4, -0.2) is 69.9 Å². The molecule has 0 aliphatic carbocycles. The van der Waals surface area contributed by atoms with Crippen LogP contribution in [0.3, 0.4) is 0 Å². The highest BCUT2D eigenvalue weighted by atomic mass is 16.4. The van der Waals surface area contributed by atoms with Crippen molar-refractivity contribution in [3.8, 4) is 0 Å². The molecule has 0 saturated carbocycles. The summed E-state index contributed by atoms with van der Waals surface area (Å²) in [5.74, 6) is -6.16. The predicted octanol–water partition coefficient (Wildman–Crippen LogP) is -2.34. The zero-order valence-electron chi connectivity index (χ0n) is 17.7. The molecule has 0 aromatic heterocycles. The maximum absolute atomic E-state index is 12.7. The summed E-state index contributed by atoms with van der Waals surface area (Å²) < 4.78 is 0. The number of carbonyl (C=O) groups is 6. The first-order chi connectivity index (χ1) is 14.2. The largest absolute Gasteiger partial charge is 0.481 e. The zero-order valence-corrected chi connectivity index (χ0v) is 17.7. The van der Waals surface area contributed by atoms with Crippen LogP contribution in [0.25, 0.3) is 0 Å². The Morgan fingerprint density at radius 3 is 1.71 bits per heavy atom. The van der Waals surface area contributed by atoms with Gasteiger partial charge >= 0.3 is 11.9 Å². The third-order valence-electron chi connectivity index (χ3n) is 4.06. The minimum absolute atomic E-state index is 0.0980. The lowest BCUT2D eigenvalue weighted by atomic mass is 10.0. The van der Waals surface area contributed by atoms with Gasteiger partial charge in [-0.2, -0.15) is 0 Å². The minimum Gasteiger partial charge on any atom is -0.481 e. The molecule has 0 aliphatic heterocycles. The number of rotatable bonds is 14. The number of hydrogen-bond acceptors (Lipinski definition) is 7. The maximum Gasteiger partial charge on any atom is 0.326 e. The second-order valence-electron chi connectivity index (χ2n) is 7.54. The van der Waals surface area contributed by atoms with Crippen molar-refractivity contribution in [2.45, 2.75) is 70.6 Å². The summed E-state index contributed by atoms with van der Waals surface area (Å²) in [6, 6.07) is -5.07. The van der Waals surface area contributed by atoms with Crippen molar-refractivity contribution in [2.24, 2.45) is 17.4 Å². The van der Waals surface area contributed by atoms with Gasteiger partial charge in [0.25, 0.3) is 0 Å². The highest BCUT2D eigenvalue weighted by Gasteiger charge is 2.31. The molecule has 0 aromatic carbocycles. The van der Waals surface area contributed by atoms with E-state index in [9.17, 15) is 28.8 Å². The molecule has 176 valence electrons. The van der Waals surface area contributed by atoms with E-state index in [1.807, 2.05) is 0 Å². The highest BCUT2D eigenvalue weighted by molar-refractivity contribution is 5.94. The van der Waals surface area contributed by atoms with Crippen molar-refractivity contribution in [3.05, 3.63) is 0 Å². The average molecular weight is 445 g/mol. The maximum atomic E-state index is 12.7. The van der Waals surface area contributed by atoms with E-state index in [1.165, 1.54) is 6.92 Å². The number of carboxylic acids is 2. The average Bonchev–Trinajstić information content (AvgIpc) is 2.62. The molecule has 0 radical (unpaired) electrons. The zero-order chi connectivity index (χ0) is 24.3. The molecular weight excluding hydrogens is 414 g/mol. The van der Waals surface area contributed by atoms with E-state index in [-0.39, 0.29) is 25.2 Å². The molecule has 0 heterocycles. The van der Waals surface area contributed by atoms with E-state index in [4.69, 9.17) is 21.7 Å². The van der Waals surface area contributed by atoms with Crippen molar-refractivity contribution in [1.29, 1.82) is 0 Å². The molecule has 31 heavy (non-hydrogen) atoms. The quantitative estimate of drug-likeness (QED) is 0.151. The van der Waals surface area contributed by atoms with Crippen LogP contribution in [0, 0.1) is 5.92 Å². The summed E-state index contributed by atoms with van der Waals surface area (Å²) in [6.45, 7) is 4.89. The Morgan fingerprint density at radius 1 is 0.806 bits per heavy atom. The van der Waals surface area contributed by atoms with E-state index < -0.39 is 66.2 Å². The molecule has 0 spiro atoms. The Bertz CT molecular complexity index is 694. The fourth-order valence-corrected chi connectivity index (χ4v) is 2.48. The van der Waals surface area contributed by atoms with Crippen LogP contribution in [0.1, 0.15) is 46.5 Å². The molecule has 4 atom stereocenters. The summed E-state index contributed by atoms with van der Waals surface area (Å²) in [4.78, 5) is 70.3. The lowest BCUT2D eigenvalue weighted by Crippen LogP contribution is -2.57. The topological polar surface area (TPSA) is 231 Å². The standard InChI is InChI=1S/C18H31N5O8/c1-8(2)6-11(17(29)23-12(18(30)31)7-14(25)26)22-16(28)10(4-5-13(20)24)21-15(27)9(3)19/h8-12H,4-7,19H2,1-3H3,(H2,20,24)(H,21,27)(H,22,28)(H,23,29)(H,25,26)(H,30,31). The minimum atomic E-state index is -1.69. The molecule has 0 aromatic rings. The van der Waals surface area contributed by atoms with E-state index >= 15 is 0 Å². The van der Waals surface area contributed by atoms with Crippen LogP contribution in [0.5, 0.6) is 0 Å².